The van der Waals surface area contributed by atoms with E-state index in [2.05, 4.69) is 0 Å². The topological polar surface area (TPSA) is 36.9 Å². The molecule has 0 N–H and O–H groups in total. The SMILES string of the molecule is CC.[B]C1OC(CCOC(C)C)C(OC)C1OC. The molecule has 0 aromatic heterocycles. The molecule has 1 aliphatic heterocycles. The van der Waals surface area contributed by atoms with Crippen LogP contribution in [0.3, 0.4) is 0 Å². The van der Waals surface area contributed by atoms with Gasteiger partial charge in [-0.3, -0.25) is 0 Å². The zero-order valence-electron chi connectivity index (χ0n) is 12.5. The van der Waals surface area contributed by atoms with Crippen LogP contribution in [0.15, 0.2) is 0 Å². The number of ether oxygens (including phenoxy) is 4. The molecule has 1 aliphatic rings. The van der Waals surface area contributed by atoms with Gasteiger partial charge in [-0.2, -0.15) is 0 Å². The van der Waals surface area contributed by atoms with Crippen LogP contribution in [0.25, 0.3) is 0 Å². The van der Waals surface area contributed by atoms with E-state index in [-0.39, 0.29) is 24.4 Å². The molecule has 106 valence electrons. The van der Waals surface area contributed by atoms with Crippen molar-refractivity contribution in [2.75, 3.05) is 20.8 Å². The fourth-order valence-electron chi connectivity index (χ4n) is 1.96. The first-order chi connectivity index (χ1) is 8.60. The Morgan fingerprint density at radius 3 is 2.11 bits per heavy atom. The van der Waals surface area contributed by atoms with Crippen molar-refractivity contribution in [3.05, 3.63) is 0 Å². The van der Waals surface area contributed by atoms with Crippen molar-refractivity contribution >= 4 is 7.85 Å². The van der Waals surface area contributed by atoms with Crippen molar-refractivity contribution < 1.29 is 18.9 Å². The van der Waals surface area contributed by atoms with Crippen LogP contribution in [0.4, 0.5) is 0 Å². The third-order valence-electron chi connectivity index (χ3n) is 2.74. The van der Waals surface area contributed by atoms with Crippen LogP contribution in [0.1, 0.15) is 34.1 Å². The van der Waals surface area contributed by atoms with Gasteiger partial charge in [-0.1, -0.05) is 13.8 Å². The maximum Gasteiger partial charge on any atom is 0.112 e. The molecule has 0 amide bonds. The minimum atomic E-state index is -0.418. The number of hydrogen-bond acceptors (Lipinski definition) is 4. The Balaban J connectivity index is 0.00000137. The van der Waals surface area contributed by atoms with Gasteiger partial charge >= 0.3 is 0 Å². The largest absolute Gasteiger partial charge is 0.379 e. The fourth-order valence-corrected chi connectivity index (χ4v) is 1.96. The van der Waals surface area contributed by atoms with Gasteiger partial charge in [0.1, 0.15) is 20.1 Å². The van der Waals surface area contributed by atoms with Gasteiger partial charge < -0.3 is 18.9 Å². The molecule has 0 spiro atoms. The summed E-state index contributed by atoms with van der Waals surface area (Å²) in [5.74, 6) is 0. The molecular weight excluding hydrogens is 231 g/mol. The Hall–Kier alpha value is -0.0951. The van der Waals surface area contributed by atoms with Crippen molar-refractivity contribution in [3.63, 3.8) is 0 Å². The second-order valence-corrected chi connectivity index (χ2v) is 4.25. The average molecular weight is 258 g/mol. The lowest BCUT2D eigenvalue weighted by molar-refractivity contribution is -0.0371. The van der Waals surface area contributed by atoms with E-state index in [1.165, 1.54) is 0 Å². The summed E-state index contributed by atoms with van der Waals surface area (Å²) in [6.07, 6.45) is 0.632. The van der Waals surface area contributed by atoms with Crippen molar-refractivity contribution in [1.82, 2.24) is 0 Å². The molecule has 0 aromatic rings. The smallest absolute Gasteiger partial charge is 0.112 e. The molecule has 0 aromatic carbocycles. The predicted octanol–water partition coefficient (Wildman–Crippen LogP) is 1.75. The molecule has 4 atom stereocenters. The van der Waals surface area contributed by atoms with Crippen LogP contribution in [0.2, 0.25) is 0 Å². The summed E-state index contributed by atoms with van der Waals surface area (Å²) < 4.78 is 21.7. The van der Waals surface area contributed by atoms with E-state index in [9.17, 15) is 0 Å². The van der Waals surface area contributed by atoms with Crippen LogP contribution in [0.5, 0.6) is 0 Å². The van der Waals surface area contributed by atoms with Gasteiger partial charge in [0.25, 0.3) is 0 Å². The summed E-state index contributed by atoms with van der Waals surface area (Å²) in [5, 5.41) is 0. The number of hydrogen-bond donors (Lipinski definition) is 0. The molecule has 1 heterocycles. The molecular formula is C13H27BO4. The average Bonchev–Trinajstić information content (AvgIpc) is 2.66. The second kappa shape index (κ2) is 9.79. The van der Waals surface area contributed by atoms with E-state index in [0.29, 0.717) is 6.61 Å². The van der Waals surface area contributed by atoms with Gasteiger partial charge in [-0.25, -0.2) is 0 Å². The molecule has 0 saturated carbocycles. The normalized spacial score (nSPS) is 31.3. The van der Waals surface area contributed by atoms with Gasteiger partial charge in [0, 0.05) is 26.8 Å². The van der Waals surface area contributed by atoms with Gasteiger partial charge in [0.15, 0.2) is 0 Å². The molecule has 4 unspecified atom stereocenters. The lowest BCUT2D eigenvalue weighted by atomic mass is 9.92. The molecule has 2 radical (unpaired) electrons. The van der Waals surface area contributed by atoms with Gasteiger partial charge in [0.2, 0.25) is 0 Å². The van der Waals surface area contributed by atoms with E-state index in [1.807, 2.05) is 27.7 Å². The first-order valence-electron chi connectivity index (χ1n) is 6.68. The van der Waals surface area contributed by atoms with E-state index in [4.69, 9.17) is 26.8 Å². The van der Waals surface area contributed by atoms with Gasteiger partial charge in [0.05, 0.1) is 12.2 Å². The Kier molecular flexibility index (Phi) is 9.73. The molecule has 1 fully saturated rings. The van der Waals surface area contributed by atoms with Crippen LogP contribution in [-0.4, -0.2) is 59.1 Å². The zero-order chi connectivity index (χ0) is 14.1. The van der Waals surface area contributed by atoms with E-state index in [0.717, 1.165) is 6.42 Å². The third kappa shape index (κ3) is 5.27. The highest BCUT2D eigenvalue weighted by Crippen LogP contribution is 2.26. The zero-order valence-corrected chi connectivity index (χ0v) is 12.5. The Morgan fingerprint density at radius 2 is 1.67 bits per heavy atom. The standard InChI is InChI=1S/C11H21BO4.C2H6/c1-7(2)15-6-5-8-9(13-3)10(14-4)11(12)16-8;1-2/h7-11H,5-6H2,1-4H3;1-2H3. The quantitative estimate of drug-likeness (QED) is 0.680. The first kappa shape index (κ1) is 17.9. The number of methoxy groups -OCH3 is 2. The Bertz CT molecular complexity index is 201. The van der Waals surface area contributed by atoms with Crippen molar-refractivity contribution in [2.45, 2.75) is 64.5 Å². The van der Waals surface area contributed by atoms with Crippen LogP contribution >= 0.6 is 0 Å². The van der Waals surface area contributed by atoms with Crippen molar-refractivity contribution in [1.29, 1.82) is 0 Å². The molecule has 0 aliphatic carbocycles. The molecule has 5 heteroatoms. The summed E-state index contributed by atoms with van der Waals surface area (Å²) in [6, 6.07) is -0.418. The minimum absolute atomic E-state index is 0.0521. The minimum Gasteiger partial charge on any atom is -0.379 e. The fraction of sp³-hybridized carbons (Fsp3) is 1.00. The molecule has 18 heavy (non-hydrogen) atoms. The summed E-state index contributed by atoms with van der Waals surface area (Å²) in [4.78, 5) is 0. The summed E-state index contributed by atoms with van der Waals surface area (Å²) in [6.45, 7) is 8.66. The molecule has 4 nitrogen and oxygen atoms in total. The van der Waals surface area contributed by atoms with Crippen molar-refractivity contribution in [2.24, 2.45) is 0 Å². The summed E-state index contributed by atoms with van der Waals surface area (Å²) in [5.41, 5.74) is 0. The highest BCUT2D eigenvalue weighted by Gasteiger charge is 2.42. The van der Waals surface area contributed by atoms with Gasteiger partial charge in [-0.15, -0.1) is 0 Å². The van der Waals surface area contributed by atoms with Crippen LogP contribution in [-0.2, 0) is 18.9 Å². The van der Waals surface area contributed by atoms with Crippen molar-refractivity contribution in [3.8, 4) is 0 Å². The molecule has 1 saturated heterocycles. The first-order valence-corrected chi connectivity index (χ1v) is 6.68. The Morgan fingerprint density at radius 1 is 1.11 bits per heavy atom. The monoisotopic (exact) mass is 258 g/mol. The Labute approximate surface area is 113 Å². The lowest BCUT2D eigenvalue weighted by Crippen LogP contribution is -2.36. The van der Waals surface area contributed by atoms with Gasteiger partial charge in [-0.05, 0) is 20.3 Å². The number of rotatable bonds is 6. The summed E-state index contributed by atoms with van der Waals surface area (Å²) >= 11 is 0. The highest BCUT2D eigenvalue weighted by molar-refractivity contribution is 6.11. The maximum absolute atomic E-state index is 5.81. The lowest BCUT2D eigenvalue weighted by Gasteiger charge is -2.21. The molecule has 0 bridgehead atoms. The predicted molar refractivity (Wildman–Crippen MR) is 73.1 cm³/mol. The van der Waals surface area contributed by atoms with Crippen LogP contribution < -0.4 is 0 Å². The maximum atomic E-state index is 5.81. The second-order valence-electron chi connectivity index (χ2n) is 4.25. The third-order valence-corrected chi connectivity index (χ3v) is 2.74. The van der Waals surface area contributed by atoms with Crippen LogP contribution in [0, 0.1) is 0 Å². The van der Waals surface area contributed by atoms with E-state index in [1.54, 1.807) is 14.2 Å². The molecule has 1 rings (SSSR count). The van der Waals surface area contributed by atoms with E-state index >= 15 is 0 Å². The summed E-state index contributed by atoms with van der Waals surface area (Å²) in [7, 11) is 9.07. The highest BCUT2D eigenvalue weighted by atomic mass is 16.6. The van der Waals surface area contributed by atoms with E-state index < -0.39 is 6.00 Å².